The highest BCUT2D eigenvalue weighted by Gasteiger charge is 2.08. The molecule has 0 bridgehead atoms. The first-order valence-corrected chi connectivity index (χ1v) is 6.37. The van der Waals surface area contributed by atoms with Crippen LogP contribution in [0.1, 0.15) is 9.67 Å². The average molecular weight is 318 g/mol. The molecule has 1 amide bonds. The highest BCUT2D eigenvalue weighted by atomic mass is 79.9. The number of rotatable bonds is 2. The van der Waals surface area contributed by atoms with E-state index in [9.17, 15) is 4.79 Å². The van der Waals surface area contributed by atoms with Crippen molar-refractivity contribution in [2.45, 2.75) is 0 Å². The van der Waals surface area contributed by atoms with Crippen LogP contribution in [0.3, 0.4) is 0 Å². The lowest BCUT2D eigenvalue weighted by atomic mass is 10.3. The molecule has 0 aliphatic heterocycles. The van der Waals surface area contributed by atoms with Crippen molar-refractivity contribution in [3.63, 3.8) is 0 Å². The van der Waals surface area contributed by atoms with Crippen molar-refractivity contribution in [1.82, 2.24) is 4.98 Å². The van der Waals surface area contributed by atoms with Crippen LogP contribution >= 0.6 is 38.9 Å². The number of thiazole rings is 1. The summed E-state index contributed by atoms with van der Waals surface area (Å²) in [5.74, 6) is -0.170. The smallest absolute Gasteiger partial charge is 0.267 e. The average Bonchev–Trinajstić information content (AvgIpc) is 2.77. The maximum absolute atomic E-state index is 11.7. The Bertz CT molecular complexity index is 516. The fourth-order valence-electron chi connectivity index (χ4n) is 1.09. The van der Waals surface area contributed by atoms with Crippen molar-refractivity contribution in [2.24, 2.45) is 0 Å². The second kappa shape index (κ2) is 4.95. The van der Waals surface area contributed by atoms with Crippen molar-refractivity contribution in [3.05, 3.63) is 44.3 Å². The van der Waals surface area contributed by atoms with E-state index in [2.05, 4.69) is 26.2 Å². The molecule has 0 fully saturated rings. The minimum atomic E-state index is -0.170. The number of carbonyl (C=O) groups excluding carboxylic acids is 1. The van der Waals surface area contributed by atoms with Crippen molar-refractivity contribution in [1.29, 1.82) is 0 Å². The van der Waals surface area contributed by atoms with Crippen molar-refractivity contribution < 1.29 is 4.79 Å². The van der Waals surface area contributed by atoms with Gasteiger partial charge in [0.25, 0.3) is 5.91 Å². The van der Waals surface area contributed by atoms with Crippen molar-refractivity contribution in [3.8, 4) is 0 Å². The lowest BCUT2D eigenvalue weighted by molar-refractivity contribution is 0.103. The van der Waals surface area contributed by atoms with Gasteiger partial charge in [0.1, 0.15) is 4.88 Å². The van der Waals surface area contributed by atoms with Crippen LogP contribution in [0, 0.1) is 0 Å². The number of benzene rings is 1. The van der Waals surface area contributed by atoms with E-state index in [1.54, 1.807) is 23.7 Å². The number of amides is 1. The maximum atomic E-state index is 11.7. The summed E-state index contributed by atoms with van der Waals surface area (Å²) in [6, 6.07) is 5.21. The van der Waals surface area contributed by atoms with Crippen LogP contribution in [0.15, 0.2) is 34.4 Å². The number of nitrogens with zero attached hydrogens (tertiary/aromatic N) is 1. The van der Waals surface area contributed by atoms with Crippen LogP contribution in [0.2, 0.25) is 5.02 Å². The molecule has 0 aliphatic rings. The molecule has 2 rings (SSSR count). The molecule has 6 heteroatoms. The van der Waals surface area contributed by atoms with E-state index in [0.717, 1.165) is 4.47 Å². The van der Waals surface area contributed by atoms with E-state index in [-0.39, 0.29) is 5.91 Å². The molecular weight excluding hydrogens is 312 g/mol. The summed E-state index contributed by atoms with van der Waals surface area (Å²) in [5.41, 5.74) is 2.31. The molecule has 82 valence electrons. The fourth-order valence-corrected chi connectivity index (χ4v) is 2.11. The summed E-state index contributed by atoms with van der Waals surface area (Å²) < 4.78 is 0.747. The summed E-state index contributed by atoms with van der Waals surface area (Å²) in [7, 11) is 0. The second-order valence-electron chi connectivity index (χ2n) is 2.95. The molecule has 3 nitrogen and oxygen atoms in total. The summed E-state index contributed by atoms with van der Waals surface area (Å²) in [6.45, 7) is 0. The van der Waals surface area contributed by atoms with Gasteiger partial charge >= 0.3 is 0 Å². The van der Waals surface area contributed by atoms with Crippen LogP contribution in [-0.2, 0) is 0 Å². The maximum Gasteiger partial charge on any atom is 0.267 e. The van der Waals surface area contributed by atoms with E-state index in [1.807, 2.05) is 0 Å². The Kier molecular flexibility index (Phi) is 3.58. The van der Waals surface area contributed by atoms with Gasteiger partial charge < -0.3 is 5.32 Å². The highest BCUT2D eigenvalue weighted by molar-refractivity contribution is 9.10. The third-order valence-corrected chi connectivity index (χ3v) is 3.82. The Morgan fingerprint density at radius 2 is 2.31 bits per heavy atom. The molecule has 0 radical (unpaired) electrons. The molecule has 0 saturated carbocycles. The summed E-state index contributed by atoms with van der Waals surface area (Å²) in [6.07, 6.45) is 1.53. The van der Waals surface area contributed by atoms with Crippen LogP contribution in [0.25, 0.3) is 0 Å². The molecule has 1 N–H and O–H groups in total. The van der Waals surface area contributed by atoms with Gasteiger partial charge in [0.05, 0.1) is 16.7 Å². The monoisotopic (exact) mass is 316 g/mol. The first kappa shape index (κ1) is 11.6. The topological polar surface area (TPSA) is 42.0 Å². The van der Waals surface area contributed by atoms with Crippen molar-refractivity contribution >= 4 is 50.5 Å². The van der Waals surface area contributed by atoms with Gasteiger partial charge in [-0.1, -0.05) is 11.6 Å². The normalized spacial score (nSPS) is 10.1. The van der Waals surface area contributed by atoms with Gasteiger partial charge in [-0.25, -0.2) is 0 Å². The first-order valence-electron chi connectivity index (χ1n) is 4.32. The van der Waals surface area contributed by atoms with Crippen LogP contribution in [0.5, 0.6) is 0 Å². The predicted octanol–water partition coefficient (Wildman–Crippen LogP) is 3.81. The zero-order valence-electron chi connectivity index (χ0n) is 7.91. The molecule has 1 aromatic heterocycles. The van der Waals surface area contributed by atoms with Gasteiger partial charge in [-0.15, -0.1) is 11.3 Å². The molecule has 0 spiro atoms. The van der Waals surface area contributed by atoms with Gasteiger partial charge in [0.2, 0.25) is 0 Å². The molecule has 1 aromatic carbocycles. The third-order valence-electron chi connectivity index (χ3n) is 1.83. The van der Waals surface area contributed by atoms with Crippen LogP contribution < -0.4 is 5.32 Å². The molecule has 0 saturated heterocycles. The fraction of sp³-hybridized carbons (Fsp3) is 0. The molecule has 0 unspecified atom stereocenters. The summed E-state index contributed by atoms with van der Waals surface area (Å²) in [4.78, 5) is 16.1. The first-order chi connectivity index (χ1) is 7.66. The Morgan fingerprint density at radius 1 is 1.50 bits per heavy atom. The SMILES string of the molecule is O=C(Nc1ccc(Cl)c(Br)c1)c1cncs1. The van der Waals surface area contributed by atoms with Crippen LogP contribution in [0.4, 0.5) is 5.69 Å². The van der Waals surface area contributed by atoms with Gasteiger partial charge in [0.15, 0.2) is 0 Å². The number of nitrogens with one attached hydrogen (secondary N) is 1. The lowest BCUT2D eigenvalue weighted by Crippen LogP contribution is -2.09. The minimum absolute atomic E-state index is 0.170. The molecular formula is C10H6BrClN2OS. The number of carbonyl (C=O) groups is 1. The standard InChI is InChI=1S/C10H6BrClN2OS/c11-7-3-6(1-2-8(7)12)14-10(15)9-4-13-5-16-9/h1-5H,(H,14,15). The number of hydrogen-bond acceptors (Lipinski definition) is 3. The summed E-state index contributed by atoms with van der Waals surface area (Å²) in [5, 5.41) is 3.36. The molecule has 1 heterocycles. The van der Waals surface area contributed by atoms with E-state index in [1.165, 1.54) is 17.5 Å². The highest BCUT2D eigenvalue weighted by Crippen LogP contribution is 2.25. The Hall–Kier alpha value is -0.910. The molecule has 16 heavy (non-hydrogen) atoms. The van der Waals surface area contributed by atoms with Crippen molar-refractivity contribution in [2.75, 3.05) is 5.32 Å². The number of halogens is 2. The molecule has 2 aromatic rings. The van der Waals surface area contributed by atoms with E-state index < -0.39 is 0 Å². The molecule has 0 atom stereocenters. The lowest BCUT2D eigenvalue weighted by Gasteiger charge is -2.04. The second-order valence-corrected chi connectivity index (χ2v) is 5.10. The number of aromatic nitrogens is 1. The zero-order chi connectivity index (χ0) is 11.5. The Morgan fingerprint density at radius 3 is 2.94 bits per heavy atom. The zero-order valence-corrected chi connectivity index (χ0v) is 11.1. The largest absolute Gasteiger partial charge is 0.321 e. The van der Waals surface area contributed by atoms with Crippen LogP contribution in [-0.4, -0.2) is 10.9 Å². The quantitative estimate of drug-likeness (QED) is 0.915. The number of anilines is 1. The van der Waals surface area contributed by atoms with Gasteiger partial charge in [-0.2, -0.15) is 0 Å². The van der Waals surface area contributed by atoms with Gasteiger partial charge in [0, 0.05) is 10.2 Å². The van der Waals surface area contributed by atoms with E-state index in [0.29, 0.717) is 15.6 Å². The minimum Gasteiger partial charge on any atom is -0.321 e. The Labute approximate surface area is 110 Å². The summed E-state index contributed by atoms with van der Waals surface area (Å²) >= 11 is 10.4. The molecule has 0 aliphatic carbocycles. The van der Waals surface area contributed by atoms with Gasteiger partial charge in [-0.3, -0.25) is 9.78 Å². The van der Waals surface area contributed by atoms with E-state index >= 15 is 0 Å². The van der Waals surface area contributed by atoms with E-state index in [4.69, 9.17) is 11.6 Å². The number of hydrogen-bond donors (Lipinski definition) is 1. The van der Waals surface area contributed by atoms with Gasteiger partial charge in [-0.05, 0) is 34.1 Å². The predicted molar refractivity (Wildman–Crippen MR) is 69.2 cm³/mol. The third kappa shape index (κ3) is 2.61. The Balaban J connectivity index is 2.15.